The van der Waals surface area contributed by atoms with E-state index in [9.17, 15) is 4.79 Å². The number of rotatable bonds is 1. The van der Waals surface area contributed by atoms with Crippen LogP contribution >= 0.6 is 0 Å². The zero-order chi connectivity index (χ0) is 5.98. The molecule has 46 valence electrons. The molecule has 0 aromatic rings. The van der Waals surface area contributed by atoms with Crippen LogP contribution in [0.15, 0.2) is 0 Å². The van der Waals surface area contributed by atoms with Gasteiger partial charge in [-0.15, -0.1) is 0 Å². The van der Waals surface area contributed by atoms with Crippen LogP contribution in [0.4, 0.5) is 0 Å². The molecule has 1 saturated heterocycles. The molecule has 1 aliphatic rings. The van der Waals surface area contributed by atoms with Crippen LogP contribution in [0.25, 0.3) is 0 Å². The van der Waals surface area contributed by atoms with Crippen LogP contribution in [-0.2, 0) is 9.53 Å². The van der Waals surface area contributed by atoms with Gasteiger partial charge in [-0.05, 0) is 0 Å². The number of aliphatic hydroxyl groups is 1. The number of nitrogens with one attached hydrogen (secondary N) is 1. The van der Waals surface area contributed by atoms with Gasteiger partial charge in [-0.1, -0.05) is 0 Å². The zero-order valence-electron chi connectivity index (χ0n) is 4.26. The first-order chi connectivity index (χ1) is 3.83. The fourth-order valence-electron chi connectivity index (χ4n) is 0.538. The first-order valence-corrected chi connectivity index (χ1v) is 2.35. The third-order valence-electron chi connectivity index (χ3n) is 0.903. The summed E-state index contributed by atoms with van der Waals surface area (Å²) in [6.45, 7) is -0.0725. The van der Waals surface area contributed by atoms with Crippen molar-refractivity contribution in [2.75, 3.05) is 13.2 Å². The lowest BCUT2D eigenvalue weighted by molar-refractivity contribution is -0.119. The lowest BCUT2D eigenvalue weighted by Gasteiger charge is -2.01. The summed E-state index contributed by atoms with van der Waals surface area (Å²) in [5.41, 5.74) is 0. The molecule has 1 fully saturated rings. The second kappa shape index (κ2) is 2.11. The van der Waals surface area contributed by atoms with Crippen LogP contribution in [0.1, 0.15) is 0 Å². The van der Waals surface area contributed by atoms with E-state index in [1.807, 2.05) is 0 Å². The minimum Gasteiger partial charge on any atom is -0.392 e. The molecule has 1 amide bonds. The molecule has 4 heteroatoms. The fraction of sp³-hybridized carbons (Fsp3) is 0.750. The third-order valence-corrected chi connectivity index (χ3v) is 0.903. The maximum atomic E-state index is 10.3. The van der Waals surface area contributed by atoms with Crippen LogP contribution in [0, 0.1) is 0 Å². The molecule has 1 rings (SSSR count). The molecule has 8 heavy (non-hydrogen) atoms. The average molecular weight is 117 g/mol. The van der Waals surface area contributed by atoms with E-state index in [0.29, 0.717) is 0 Å². The van der Waals surface area contributed by atoms with Crippen LogP contribution in [-0.4, -0.2) is 30.5 Å². The normalized spacial score (nSPS) is 28.1. The van der Waals surface area contributed by atoms with Crippen molar-refractivity contribution in [2.24, 2.45) is 0 Å². The van der Waals surface area contributed by atoms with Crippen LogP contribution in [0.5, 0.6) is 0 Å². The van der Waals surface area contributed by atoms with E-state index < -0.39 is 6.23 Å². The topological polar surface area (TPSA) is 58.6 Å². The van der Waals surface area contributed by atoms with Crippen LogP contribution in [0.3, 0.4) is 0 Å². The molecule has 0 spiro atoms. The molecule has 4 nitrogen and oxygen atoms in total. The predicted molar refractivity (Wildman–Crippen MR) is 25.0 cm³/mol. The fourth-order valence-corrected chi connectivity index (χ4v) is 0.538. The average Bonchev–Trinajstić information content (AvgIpc) is 2.14. The lowest BCUT2D eigenvalue weighted by Crippen LogP contribution is -2.29. The van der Waals surface area contributed by atoms with Crippen LogP contribution in [0.2, 0.25) is 0 Å². The molecule has 0 aromatic carbocycles. The standard InChI is InChI=1S/C4H7NO3/c6-1-4-5-3(7)2-8-4/h4,6H,1-2H2,(H,5,7). The highest BCUT2D eigenvalue weighted by atomic mass is 16.5. The van der Waals surface area contributed by atoms with Gasteiger partial charge in [0.2, 0.25) is 5.91 Å². The predicted octanol–water partition coefficient (Wildman–Crippen LogP) is -1.55. The van der Waals surface area contributed by atoms with Gasteiger partial charge >= 0.3 is 0 Å². The number of amides is 1. The SMILES string of the molecule is O=C1COC(CO)N1. The van der Waals surface area contributed by atoms with E-state index in [4.69, 9.17) is 9.84 Å². The molecule has 0 aliphatic carbocycles. The van der Waals surface area contributed by atoms with Crippen molar-refractivity contribution in [2.45, 2.75) is 6.23 Å². The highest BCUT2D eigenvalue weighted by molar-refractivity contribution is 5.78. The molecular weight excluding hydrogens is 110 g/mol. The first-order valence-electron chi connectivity index (χ1n) is 2.35. The number of hydrogen-bond acceptors (Lipinski definition) is 3. The van der Waals surface area contributed by atoms with E-state index in [2.05, 4.69) is 5.32 Å². The molecule has 1 aliphatic heterocycles. The summed E-state index contributed by atoms with van der Waals surface area (Å²) in [5.74, 6) is -0.163. The van der Waals surface area contributed by atoms with Crippen molar-refractivity contribution >= 4 is 5.91 Å². The number of carbonyl (C=O) groups excluding carboxylic acids is 1. The first kappa shape index (κ1) is 5.53. The highest BCUT2D eigenvalue weighted by Crippen LogP contribution is 1.93. The van der Waals surface area contributed by atoms with E-state index in [1.54, 1.807) is 0 Å². The summed E-state index contributed by atoms with van der Waals surface area (Å²) in [6, 6.07) is 0. The van der Waals surface area contributed by atoms with Gasteiger partial charge in [-0.25, -0.2) is 0 Å². The summed E-state index contributed by atoms with van der Waals surface area (Å²) in [5, 5.41) is 10.7. The van der Waals surface area contributed by atoms with Crippen molar-refractivity contribution in [1.82, 2.24) is 5.32 Å². The van der Waals surface area contributed by atoms with Gasteiger partial charge in [0.05, 0.1) is 6.61 Å². The summed E-state index contributed by atoms with van der Waals surface area (Å²) >= 11 is 0. The van der Waals surface area contributed by atoms with Gasteiger partial charge < -0.3 is 15.2 Å². The number of aliphatic hydroxyl groups excluding tert-OH is 1. The second-order valence-corrected chi connectivity index (χ2v) is 1.55. The lowest BCUT2D eigenvalue weighted by atomic mass is 10.6. The Balaban J connectivity index is 2.32. The maximum absolute atomic E-state index is 10.3. The maximum Gasteiger partial charge on any atom is 0.248 e. The monoisotopic (exact) mass is 117 g/mol. The van der Waals surface area contributed by atoms with Crippen LogP contribution < -0.4 is 5.32 Å². The minimum absolute atomic E-state index is 0.0746. The molecule has 1 atom stereocenters. The summed E-state index contributed by atoms with van der Waals surface area (Å²) in [6.07, 6.45) is -0.470. The molecule has 0 aromatic heterocycles. The van der Waals surface area contributed by atoms with Crippen molar-refractivity contribution < 1.29 is 14.6 Å². The molecule has 0 saturated carbocycles. The quantitative estimate of drug-likeness (QED) is 0.437. The van der Waals surface area contributed by atoms with E-state index in [1.165, 1.54) is 0 Å². The van der Waals surface area contributed by atoms with Gasteiger partial charge in [-0.3, -0.25) is 4.79 Å². The Kier molecular flexibility index (Phi) is 1.45. The summed E-state index contributed by atoms with van der Waals surface area (Å²) in [7, 11) is 0. The zero-order valence-corrected chi connectivity index (χ0v) is 4.26. The van der Waals surface area contributed by atoms with E-state index in [-0.39, 0.29) is 19.1 Å². The van der Waals surface area contributed by atoms with Gasteiger partial charge in [0, 0.05) is 0 Å². The molecule has 1 unspecified atom stereocenters. The third kappa shape index (κ3) is 0.962. The molecule has 1 heterocycles. The second-order valence-electron chi connectivity index (χ2n) is 1.55. The van der Waals surface area contributed by atoms with Crippen molar-refractivity contribution in [3.63, 3.8) is 0 Å². The number of ether oxygens (including phenoxy) is 1. The Labute approximate surface area is 46.4 Å². The highest BCUT2D eigenvalue weighted by Gasteiger charge is 2.19. The number of hydrogen-bond donors (Lipinski definition) is 2. The Morgan fingerprint density at radius 1 is 2.00 bits per heavy atom. The molecule has 0 radical (unpaired) electrons. The van der Waals surface area contributed by atoms with Gasteiger partial charge in [0.25, 0.3) is 0 Å². The van der Waals surface area contributed by atoms with Gasteiger partial charge in [-0.2, -0.15) is 0 Å². The largest absolute Gasteiger partial charge is 0.392 e. The summed E-state index contributed by atoms with van der Waals surface area (Å²) in [4.78, 5) is 10.3. The van der Waals surface area contributed by atoms with Gasteiger partial charge in [0.1, 0.15) is 6.61 Å². The molecule has 0 bridgehead atoms. The Hall–Kier alpha value is -0.610. The van der Waals surface area contributed by atoms with Crippen molar-refractivity contribution in [3.05, 3.63) is 0 Å². The summed E-state index contributed by atoms with van der Waals surface area (Å²) < 4.78 is 4.70. The molecular formula is C4H7NO3. The van der Waals surface area contributed by atoms with Crippen molar-refractivity contribution in [1.29, 1.82) is 0 Å². The van der Waals surface area contributed by atoms with E-state index >= 15 is 0 Å². The smallest absolute Gasteiger partial charge is 0.248 e. The Bertz CT molecular complexity index is 103. The minimum atomic E-state index is -0.470. The Morgan fingerprint density at radius 3 is 3.00 bits per heavy atom. The molecule has 2 N–H and O–H groups in total. The van der Waals surface area contributed by atoms with Gasteiger partial charge in [0.15, 0.2) is 6.23 Å². The Morgan fingerprint density at radius 2 is 2.75 bits per heavy atom. The van der Waals surface area contributed by atoms with E-state index in [0.717, 1.165) is 0 Å². The number of carbonyl (C=O) groups is 1. The van der Waals surface area contributed by atoms with Crippen molar-refractivity contribution in [3.8, 4) is 0 Å².